The first-order valence-corrected chi connectivity index (χ1v) is 8.72. The van der Waals surface area contributed by atoms with Crippen LogP contribution in [0.25, 0.3) is 11.1 Å². The summed E-state index contributed by atoms with van der Waals surface area (Å²) in [6, 6.07) is 20.6. The summed E-state index contributed by atoms with van der Waals surface area (Å²) < 4.78 is 15.8. The third kappa shape index (κ3) is 4.60. The standard InChI is InChI=1S/C22H19ClO4/c1-25-21-10-9-17(13-20(21)23)16-6-3-5-15(11-16)14-27-19-8-4-7-18(12-19)22(24)26-2/h3-13H,14H2,1-2H3. The Morgan fingerprint density at radius 2 is 1.70 bits per heavy atom. The van der Waals surface area contributed by atoms with E-state index in [0.717, 1.165) is 16.7 Å². The zero-order chi connectivity index (χ0) is 19.2. The molecule has 27 heavy (non-hydrogen) atoms. The number of hydrogen-bond donors (Lipinski definition) is 0. The molecule has 0 saturated heterocycles. The molecule has 138 valence electrons. The van der Waals surface area contributed by atoms with Crippen molar-refractivity contribution < 1.29 is 19.0 Å². The zero-order valence-electron chi connectivity index (χ0n) is 15.1. The molecule has 0 aliphatic carbocycles. The summed E-state index contributed by atoms with van der Waals surface area (Å²) >= 11 is 6.23. The molecule has 0 heterocycles. The molecule has 0 bridgehead atoms. The molecule has 0 aliphatic rings. The van der Waals surface area contributed by atoms with Gasteiger partial charge in [-0.05, 0) is 53.1 Å². The monoisotopic (exact) mass is 382 g/mol. The molecular weight excluding hydrogens is 364 g/mol. The Bertz CT molecular complexity index is 953. The highest BCUT2D eigenvalue weighted by atomic mass is 35.5. The van der Waals surface area contributed by atoms with E-state index >= 15 is 0 Å². The van der Waals surface area contributed by atoms with Crippen LogP contribution in [0.4, 0.5) is 0 Å². The quantitative estimate of drug-likeness (QED) is 0.537. The van der Waals surface area contributed by atoms with Gasteiger partial charge < -0.3 is 14.2 Å². The maximum absolute atomic E-state index is 11.6. The van der Waals surface area contributed by atoms with Crippen LogP contribution in [0.1, 0.15) is 15.9 Å². The average molecular weight is 383 g/mol. The molecule has 0 aliphatic heterocycles. The number of carbonyl (C=O) groups is 1. The molecule has 0 radical (unpaired) electrons. The van der Waals surface area contributed by atoms with Crippen molar-refractivity contribution in [3.05, 3.63) is 82.9 Å². The number of hydrogen-bond acceptors (Lipinski definition) is 4. The molecule has 3 aromatic rings. The van der Waals surface area contributed by atoms with Gasteiger partial charge in [0.05, 0.1) is 24.8 Å². The molecule has 3 rings (SSSR count). The molecular formula is C22H19ClO4. The van der Waals surface area contributed by atoms with Crippen molar-refractivity contribution in [2.75, 3.05) is 14.2 Å². The number of benzene rings is 3. The third-order valence-corrected chi connectivity index (χ3v) is 4.37. The number of methoxy groups -OCH3 is 2. The SMILES string of the molecule is COC(=O)c1cccc(OCc2cccc(-c3ccc(OC)c(Cl)c3)c2)c1. The van der Waals surface area contributed by atoms with E-state index < -0.39 is 0 Å². The summed E-state index contributed by atoms with van der Waals surface area (Å²) in [7, 11) is 2.95. The van der Waals surface area contributed by atoms with Crippen molar-refractivity contribution >= 4 is 17.6 Å². The summed E-state index contributed by atoms with van der Waals surface area (Å²) in [6.07, 6.45) is 0. The van der Waals surface area contributed by atoms with Crippen LogP contribution in [-0.2, 0) is 11.3 Å². The fourth-order valence-corrected chi connectivity index (χ4v) is 2.94. The minimum Gasteiger partial charge on any atom is -0.495 e. The predicted octanol–water partition coefficient (Wildman–Crippen LogP) is 5.38. The first kappa shape index (κ1) is 18.8. The zero-order valence-corrected chi connectivity index (χ0v) is 15.8. The van der Waals surface area contributed by atoms with Gasteiger partial charge in [-0.3, -0.25) is 0 Å². The maximum atomic E-state index is 11.6. The van der Waals surface area contributed by atoms with Crippen molar-refractivity contribution in [1.29, 1.82) is 0 Å². The Balaban J connectivity index is 1.75. The number of carbonyl (C=O) groups excluding carboxylic acids is 1. The first-order valence-electron chi connectivity index (χ1n) is 8.34. The summed E-state index contributed by atoms with van der Waals surface area (Å²) in [5, 5.41) is 0.566. The van der Waals surface area contributed by atoms with Crippen LogP contribution in [0.15, 0.2) is 66.7 Å². The van der Waals surface area contributed by atoms with Crippen molar-refractivity contribution in [3.8, 4) is 22.6 Å². The fourth-order valence-electron chi connectivity index (χ4n) is 2.68. The molecule has 3 aromatic carbocycles. The number of ether oxygens (including phenoxy) is 3. The van der Waals surface area contributed by atoms with Crippen LogP contribution in [-0.4, -0.2) is 20.2 Å². The Labute approximate surface area is 163 Å². The minimum absolute atomic E-state index is 0.377. The summed E-state index contributed by atoms with van der Waals surface area (Å²) in [6.45, 7) is 0.377. The Hall–Kier alpha value is -2.98. The van der Waals surface area contributed by atoms with Crippen molar-refractivity contribution in [1.82, 2.24) is 0 Å². The van der Waals surface area contributed by atoms with E-state index in [2.05, 4.69) is 0 Å². The second-order valence-electron chi connectivity index (χ2n) is 5.86. The molecule has 4 nitrogen and oxygen atoms in total. The molecule has 0 aromatic heterocycles. The summed E-state index contributed by atoms with van der Waals surface area (Å²) in [5.74, 6) is 0.861. The van der Waals surface area contributed by atoms with Gasteiger partial charge in [0.25, 0.3) is 0 Å². The van der Waals surface area contributed by atoms with Crippen LogP contribution in [0, 0.1) is 0 Å². The van der Waals surface area contributed by atoms with Gasteiger partial charge in [0, 0.05) is 0 Å². The van der Waals surface area contributed by atoms with E-state index in [4.69, 9.17) is 25.8 Å². The second kappa shape index (κ2) is 8.60. The van der Waals surface area contributed by atoms with Crippen LogP contribution >= 0.6 is 11.6 Å². The molecule has 0 atom stereocenters. The van der Waals surface area contributed by atoms with Gasteiger partial charge in [0.2, 0.25) is 0 Å². The lowest BCUT2D eigenvalue weighted by atomic mass is 10.0. The van der Waals surface area contributed by atoms with E-state index in [9.17, 15) is 4.79 Å². The Morgan fingerprint density at radius 3 is 2.44 bits per heavy atom. The van der Waals surface area contributed by atoms with E-state index in [0.29, 0.717) is 28.7 Å². The van der Waals surface area contributed by atoms with Crippen LogP contribution in [0.5, 0.6) is 11.5 Å². The average Bonchev–Trinajstić information content (AvgIpc) is 2.72. The predicted molar refractivity (Wildman–Crippen MR) is 106 cm³/mol. The fraction of sp³-hybridized carbons (Fsp3) is 0.136. The minimum atomic E-state index is -0.390. The Morgan fingerprint density at radius 1 is 0.926 bits per heavy atom. The van der Waals surface area contributed by atoms with Gasteiger partial charge in [-0.25, -0.2) is 4.79 Å². The maximum Gasteiger partial charge on any atom is 0.337 e. The molecule has 0 N–H and O–H groups in total. The third-order valence-electron chi connectivity index (χ3n) is 4.07. The number of esters is 1. The topological polar surface area (TPSA) is 44.8 Å². The van der Waals surface area contributed by atoms with E-state index in [1.807, 2.05) is 42.5 Å². The second-order valence-corrected chi connectivity index (χ2v) is 6.26. The van der Waals surface area contributed by atoms with Crippen molar-refractivity contribution in [2.45, 2.75) is 6.61 Å². The molecule has 0 fully saturated rings. The molecule has 5 heteroatoms. The van der Waals surface area contributed by atoms with Crippen molar-refractivity contribution in [3.63, 3.8) is 0 Å². The lowest BCUT2D eigenvalue weighted by molar-refractivity contribution is 0.0600. The number of rotatable bonds is 6. The van der Waals surface area contributed by atoms with Crippen LogP contribution in [0.3, 0.4) is 0 Å². The summed E-state index contributed by atoms with van der Waals surface area (Å²) in [5.41, 5.74) is 3.49. The normalized spacial score (nSPS) is 10.3. The van der Waals surface area contributed by atoms with Gasteiger partial charge in [-0.2, -0.15) is 0 Å². The van der Waals surface area contributed by atoms with Crippen LogP contribution in [0.2, 0.25) is 5.02 Å². The van der Waals surface area contributed by atoms with Gasteiger partial charge in [0.1, 0.15) is 18.1 Å². The molecule has 0 unspecified atom stereocenters. The molecule has 0 saturated carbocycles. The van der Waals surface area contributed by atoms with E-state index in [1.165, 1.54) is 7.11 Å². The molecule has 0 spiro atoms. The van der Waals surface area contributed by atoms with Gasteiger partial charge >= 0.3 is 5.97 Å². The lowest BCUT2D eigenvalue weighted by Gasteiger charge is -2.10. The van der Waals surface area contributed by atoms with E-state index in [-0.39, 0.29) is 5.97 Å². The van der Waals surface area contributed by atoms with Crippen molar-refractivity contribution in [2.24, 2.45) is 0 Å². The van der Waals surface area contributed by atoms with Crippen LogP contribution < -0.4 is 9.47 Å². The largest absolute Gasteiger partial charge is 0.495 e. The van der Waals surface area contributed by atoms with Gasteiger partial charge in [0.15, 0.2) is 0 Å². The highest BCUT2D eigenvalue weighted by Gasteiger charge is 2.07. The number of halogens is 1. The highest BCUT2D eigenvalue weighted by molar-refractivity contribution is 6.32. The van der Waals surface area contributed by atoms with E-state index in [1.54, 1.807) is 31.4 Å². The Kier molecular flexibility index (Phi) is 5.99. The van der Waals surface area contributed by atoms with Gasteiger partial charge in [-0.15, -0.1) is 0 Å². The molecule has 0 amide bonds. The first-order chi connectivity index (χ1) is 13.1. The highest BCUT2D eigenvalue weighted by Crippen LogP contribution is 2.30. The lowest BCUT2D eigenvalue weighted by Crippen LogP contribution is -2.02. The van der Waals surface area contributed by atoms with Gasteiger partial charge in [-0.1, -0.05) is 41.9 Å². The smallest absolute Gasteiger partial charge is 0.337 e. The summed E-state index contributed by atoms with van der Waals surface area (Å²) in [4.78, 5) is 11.6.